The highest BCUT2D eigenvalue weighted by Crippen LogP contribution is 2.22. The minimum Gasteiger partial charge on any atom is -0.258 e. The van der Waals surface area contributed by atoms with Crippen LogP contribution in [-0.2, 0) is 5.75 Å². The van der Waals surface area contributed by atoms with E-state index in [2.05, 4.69) is 15.2 Å². The number of aromatic amines is 1. The Labute approximate surface area is 126 Å². The molecule has 1 N–H and O–H groups in total. The number of benzene rings is 2. The molecule has 0 spiro atoms. The zero-order chi connectivity index (χ0) is 13.8. The first kappa shape index (κ1) is 13.2. The van der Waals surface area contributed by atoms with Gasteiger partial charge < -0.3 is 0 Å². The molecule has 0 saturated heterocycles. The second-order valence-corrected chi connectivity index (χ2v) is 5.63. The van der Waals surface area contributed by atoms with Gasteiger partial charge in [-0.1, -0.05) is 65.8 Å². The van der Waals surface area contributed by atoms with Crippen LogP contribution in [0.1, 0.15) is 5.56 Å². The van der Waals surface area contributed by atoms with Gasteiger partial charge in [0.2, 0.25) is 5.16 Å². The van der Waals surface area contributed by atoms with E-state index in [1.807, 2.05) is 54.6 Å². The van der Waals surface area contributed by atoms with Crippen LogP contribution >= 0.6 is 23.4 Å². The monoisotopic (exact) mass is 301 g/mol. The molecule has 20 heavy (non-hydrogen) atoms. The van der Waals surface area contributed by atoms with Crippen molar-refractivity contribution in [2.75, 3.05) is 0 Å². The van der Waals surface area contributed by atoms with Crippen LogP contribution in [0, 0.1) is 0 Å². The van der Waals surface area contributed by atoms with Crippen LogP contribution in [0.25, 0.3) is 11.4 Å². The van der Waals surface area contributed by atoms with Gasteiger partial charge in [-0.2, -0.15) is 0 Å². The summed E-state index contributed by atoms with van der Waals surface area (Å²) >= 11 is 7.46. The fourth-order valence-electron chi connectivity index (χ4n) is 1.76. The third-order valence-corrected chi connectivity index (χ3v) is 3.96. The van der Waals surface area contributed by atoms with Gasteiger partial charge in [-0.3, -0.25) is 5.10 Å². The Morgan fingerprint density at radius 1 is 1.00 bits per heavy atom. The van der Waals surface area contributed by atoms with Crippen molar-refractivity contribution in [3.05, 3.63) is 65.2 Å². The second-order valence-electron chi connectivity index (χ2n) is 4.25. The second kappa shape index (κ2) is 6.11. The van der Waals surface area contributed by atoms with Crippen molar-refractivity contribution in [3.8, 4) is 11.4 Å². The normalized spacial score (nSPS) is 10.7. The Hall–Kier alpha value is -1.78. The van der Waals surface area contributed by atoms with Crippen molar-refractivity contribution in [1.29, 1.82) is 0 Å². The van der Waals surface area contributed by atoms with Gasteiger partial charge in [0.1, 0.15) is 0 Å². The van der Waals surface area contributed by atoms with Crippen LogP contribution < -0.4 is 0 Å². The zero-order valence-corrected chi connectivity index (χ0v) is 12.2. The maximum absolute atomic E-state index is 5.86. The molecule has 0 aliphatic carbocycles. The first-order valence-corrected chi connectivity index (χ1v) is 7.53. The van der Waals surface area contributed by atoms with Gasteiger partial charge in [-0.05, 0) is 17.7 Å². The van der Waals surface area contributed by atoms with Crippen molar-refractivity contribution in [2.24, 2.45) is 0 Å². The van der Waals surface area contributed by atoms with Crippen LogP contribution in [0.4, 0.5) is 0 Å². The first-order chi connectivity index (χ1) is 9.81. The van der Waals surface area contributed by atoms with E-state index in [-0.39, 0.29) is 0 Å². The van der Waals surface area contributed by atoms with E-state index >= 15 is 0 Å². The van der Waals surface area contributed by atoms with E-state index in [9.17, 15) is 0 Å². The summed E-state index contributed by atoms with van der Waals surface area (Å²) in [6.07, 6.45) is 0. The molecule has 3 rings (SSSR count). The van der Waals surface area contributed by atoms with E-state index in [4.69, 9.17) is 11.6 Å². The zero-order valence-electron chi connectivity index (χ0n) is 10.6. The van der Waals surface area contributed by atoms with E-state index in [1.165, 1.54) is 5.56 Å². The first-order valence-electron chi connectivity index (χ1n) is 6.16. The highest BCUT2D eigenvalue weighted by Gasteiger charge is 2.06. The number of halogens is 1. The lowest BCUT2D eigenvalue weighted by Gasteiger charge is -1.98. The predicted octanol–water partition coefficient (Wildman–Crippen LogP) is 4.42. The topological polar surface area (TPSA) is 41.6 Å². The molecular weight excluding hydrogens is 290 g/mol. The molecule has 0 amide bonds. The number of aromatic nitrogens is 3. The summed E-state index contributed by atoms with van der Waals surface area (Å²) < 4.78 is 0. The van der Waals surface area contributed by atoms with Crippen LogP contribution in [-0.4, -0.2) is 15.2 Å². The van der Waals surface area contributed by atoms with Crippen molar-refractivity contribution in [3.63, 3.8) is 0 Å². The van der Waals surface area contributed by atoms with Crippen molar-refractivity contribution < 1.29 is 0 Å². The van der Waals surface area contributed by atoms with Gasteiger partial charge in [0.05, 0.1) is 0 Å². The predicted molar refractivity (Wildman–Crippen MR) is 82.8 cm³/mol. The van der Waals surface area contributed by atoms with Crippen LogP contribution in [0.2, 0.25) is 5.02 Å². The summed E-state index contributed by atoms with van der Waals surface area (Å²) in [4.78, 5) is 4.48. The van der Waals surface area contributed by atoms with Gasteiger partial charge in [-0.15, -0.1) is 5.10 Å². The molecule has 1 aromatic heterocycles. The van der Waals surface area contributed by atoms with Gasteiger partial charge in [0.15, 0.2) is 5.82 Å². The number of nitrogens with one attached hydrogen (secondary N) is 1. The summed E-state index contributed by atoms with van der Waals surface area (Å²) in [6.45, 7) is 0. The van der Waals surface area contributed by atoms with Gasteiger partial charge >= 0.3 is 0 Å². The average molecular weight is 302 g/mol. The number of thioether (sulfide) groups is 1. The molecule has 3 nitrogen and oxygen atoms in total. The molecule has 5 heteroatoms. The van der Waals surface area contributed by atoms with Gasteiger partial charge in [0.25, 0.3) is 0 Å². The molecule has 0 unspecified atom stereocenters. The number of hydrogen-bond acceptors (Lipinski definition) is 3. The molecule has 0 aliphatic rings. The Balaban J connectivity index is 1.67. The smallest absolute Gasteiger partial charge is 0.209 e. The molecule has 0 fully saturated rings. The number of nitrogens with zero attached hydrogens (tertiary/aromatic N) is 2. The lowest BCUT2D eigenvalue weighted by molar-refractivity contribution is 0.973. The fraction of sp³-hybridized carbons (Fsp3) is 0.0667. The molecule has 0 aliphatic heterocycles. The molecule has 0 radical (unpaired) electrons. The van der Waals surface area contributed by atoms with E-state index < -0.39 is 0 Å². The molecule has 0 atom stereocenters. The average Bonchev–Trinajstić information content (AvgIpc) is 2.97. The Morgan fingerprint density at radius 2 is 1.75 bits per heavy atom. The third kappa shape index (κ3) is 3.21. The summed E-state index contributed by atoms with van der Waals surface area (Å²) in [6, 6.07) is 17.8. The lowest BCUT2D eigenvalue weighted by Crippen LogP contribution is -1.82. The SMILES string of the molecule is Clc1ccc(CSc2n[nH]c(-c3ccccc3)n2)cc1. The maximum Gasteiger partial charge on any atom is 0.209 e. The molecule has 0 bridgehead atoms. The van der Waals surface area contributed by atoms with Crippen LogP contribution in [0.15, 0.2) is 59.8 Å². The highest BCUT2D eigenvalue weighted by molar-refractivity contribution is 7.98. The van der Waals surface area contributed by atoms with Crippen molar-refractivity contribution >= 4 is 23.4 Å². The molecular formula is C15H12ClN3S. The van der Waals surface area contributed by atoms with Crippen LogP contribution in [0.3, 0.4) is 0 Å². The Kier molecular flexibility index (Phi) is 4.04. The Bertz CT molecular complexity index is 680. The largest absolute Gasteiger partial charge is 0.258 e. The van der Waals surface area contributed by atoms with Crippen molar-refractivity contribution in [1.82, 2.24) is 15.2 Å². The number of hydrogen-bond donors (Lipinski definition) is 1. The highest BCUT2D eigenvalue weighted by atomic mass is 35.5. The maximum atomic E-state index is 5.86. The summed E-state index contributed by atoms with van der Waals surface area (Å²) in [5.41, 5.74) is 2.24. The van der Waals surface area contributed by atoms with Gasteiger partial charge in [0, 0.05) is 16.3 Å². The standard InChI is InChI=1S/C15H12ClN3S/c16-13-8-6-11(7-9-13)10-20-15-17-14(18-19-15)12-4-2-1-3-5-12/h1-9H,10H2,(H,17,18,19). The molecule has 1 heterocycles. The fourth-order valence-corrected chi connectivity index (χ4v) is 2.64. The Morgan fingerprint density at radius 3 is 2.50 bits per heavy atom. The quantitative estimate of drug-likeness (QED) is 0.725. The van der Waals surface area contributed by atoms with Crippen molar-refractivity contribution in [2.45, 2.75) is 10.9 Å². The summed E-state index contributed by atoms with van der Waals surface area (Å²) in [7, 11) is 0. The third-order valence-electron chi connectivity index (χ3n) is 2.79. The number of rotatable bonds is 4. The number of H-pyrrole nitrogens is 1. The lowest BCUT2D eigenvalue weighted by atomic mass is 10.2. The molecule has 0 saturated carbocycles. The van der Waals surface area contributed by atoms with E-state index in [0.717, 1.165) is 27.3 Å². The summed E-state index contributed by atoms with van der Waals surface area (Å²) in [5.74, 6) is 1.62. The summed E-state index contributed by atoms with van der Waals surface area (Å²) in [5, 5.41) is 8.69. The van der Waals surface area contributed by atoms with Gasteiger partial charge in [-0.25, -0.2) is 4.98 Å². The van der Waals surface area contributed by atoms with E-state index in [0.29, 0.717) is 0 Å². The minimum absolute atomic E-state index is 0.749. The minimum atomic E-state index is 0.749. The molecule has 2 aromatic carbocycles. The van der Waals surface area contributed by atoms with Crippen LogP contribution in [0.5, 0.6) is 0 Å². The molecule has 100 valence electrons. The molecule has 3 aromatic rings. The van der Waals surface area contributed by atoms with E-state index in [1.54, 1.807) is 11.8 Å².